The van der Waals surface area contributed by atoms with E-state index in [0.29, 0.717) is 30.9 Å². The molecule has 0 bridgehead atoms. The van der Waals surface area contributed by atoms with Crippen LogP contribution in [-0.4, -0.2) is 51.1 Å². The lowest BCUT2D eigenvalue weighted by atomic mass is 9.94. The molecule has 2 atom stereocenters. The summed E-state index contributed by atoms with van der Waals surface area (Å²) < 4.78 is 15.0. The first-order valence-corrected chi connectivity index (χ1v) is 14.0. The number of hydrogen-bond donors (Lipinski definition) is 1. The molecule has 1 aliphatic rings. The summed E-state index contributed by atoms with van der Waals surface area (Å²) in [4.78, 5) is 30.1. The summed E-state index contributed by atoms with van der Waals surface area (Å²) in [5, 5.41) is 10.3. The van der Waals surface area contributed by atoms with Crippen LogP contribution in [0.5, 0.6) is 0 Å². The number of rotatable bonds is 9. The predicted octanol–water partition coefficient (Wildman–Crippen LogP) is 4.66. The smallest absolute Gasteiger partial charge is 0.311 e. The molecule has 0 saturated carbocycles. The minimum atomic E-state index is -0.792. The van der Waals surface area contributed by atoms with E-state index >= 15 is 0 Å². The highest BCUT2D eigenvalue weighted by molar-refractivity contribution is 5.81. The van der Waals surface area contributed by atoms with Crippen LogP contribution in [0.2, 0.25) is 0 Å². The van der Waals surface area contributed by atoms with Gasteiger partial charge >= 0.3 is 5.97 Å². The van der Waals surface area contributed by atoms with Gasteiger partial charge in [0, 0.05) is 44.1 Å². The van der Waals surface area contributed by atoms with Gasteiger partial charge in [-0.25, -0.2) is 4.98 Å². The van der Waals surface area contributed by atoms with Crippen LogP contribution in [-0.2, 0) is 34.3 Å². The van der Waals surface area contributed by atoms with Gasteiger partial charge in [-0.1, -0.05) is 26.8 Å². The summed E-state index contributed by atoms with van der Waals surface area (Å²) in [6.45, 7) is 12.2. The SMILES string of the molecule is Cc1cc(-c2nc3cc(CC[C@H](C(=O)OCC(C)(C)C)[C@@H](C)O)ccc3n2CC2CCOCC2)cn(C)c1=O. The summed E-state index contributed by atoms with van der Waals surface area (Å²) >= 11 is 0. The molecule has 8 heteroatoms. The van der Waals surface area contributed by atoms with Gasteiger partial charge in [-0.3, -0.25) is 9.59 Å². The van der Waals surface area contributed by atoms with E-state index in [2.05, 4.69) is 22.8 Å². The van der Waals surface area contributed by atoms with Gasteiger partial charge in [0.25, 0.3) is 5.56 Å². The van der Waals surface area contributed by atoms with Gasteiger partial charge in [0.15, 0.2) is 0 Å². The molecule has 39 heavy (non-hydrogen) atoms. The van der Waals surface area contributed by atoms with Crippen LogP contribution in [0.1, 0.15) is 58.1 Å². The molecule has 4 rings (SSSR count). The fraction of sp³-hybridized carbons (Fsp3) is 0.581. The van der Waals surface area contributed by atoms with Crippen molar-refractivity contribution in [2.24, 2.45) is 24.3 Å². The van der Waals surface area contributed by atoms with Crippen LogP contribution in [0, 0.1) is 24.2 Å². The molecule has 0 amide bonds. The van der Waals surface area contributed by atoms with E-state index < -0.39 is 12.0 Å². The molecular formula is C31H43N3O5. The van der Waals surface area contributed by atoms with Crippen molar-refractivity contribution in [1.82, 2.24) is 14.1 Å². The summed E-state index contributed by atoms with van der Waals surface area (Å²) in [5.41, 5.74) is 4.43. The Morgan fingerprint density at radius 1 is 1.23 bits per heavy atom. The maximum atomic E-state index is 12.7. The summed E-state index contributed by atoms with van der Waals surface area (Å²) in [6, 6.07) is 8.18. The van der Waals surface area contributed by atoms with E-state index in [9.17, 15) is 14.7 Å². The van der Waals surface area contributed by atoms with Crippen molar-refractivity contribution in [3.63, 3.8) is 0 Å². The Morgan fingerprint density at radius 2 is 1.95 bits per heavy atom. The summed E-state index contributed by atoms with van der Waals surface area (Å²) in [7, 11) is 1.77. The molecule has 1 N–H and O–H groups in total. The van der Waals surface area contributed by atoms with Crippen LogP contribution in [0.4, 0.5) is 0 Å². The highest BCUT2D eigenvalue weighted by atomic mass is 16.5. The fourth-order valence-electron chi connectivity index (χ4n) is 5.20. The molecule has 212 valence electrons. The van der Waals surface area contributed by atoms with E-state index in [4.69, 9.17) is 14.5 Å². The number of aryl methyl sites for hydroxylation is 3. The second kappa shape index (κ2) is 12.0. The Morgan fingerprint density at radius 3 is 2.59 bits per heavy atom. The maximum Gasteiger partial charge on any atom is 0.311 e. The molecule has 0 radical (unpaired) electrons. The molecule has 2 aromatic heterocycles. The minimum Gasteiger partial charge on any atom is -0.465 e. The second-order valence-corrected chi connectivity index (χ2v) is 12.3. The number of fused-ring (bicyclic) bond motifs is 1. The number of aliphatic hydroxyl groups excluding tert-OH is 1. The number of imidazole rings is 1. The number of carbonyl (C=O) groups is 1. The Balaban J connectivity index is 1.62. The molecule has 1 aliphatic heterocycles. The fourth-order valence-corrected chi connectivity index (χ4v) is 5.20. The first kappa shape index (κ1) is 29.0. The molecule has 0 aliphatic carbocycles. The molecular weight excluding hydrogens is 494 g/mol. The first-order valence-electron chi connectivity index (χ1n) is 14.0. The van der Waals surface area contributed by atoms with Crippen LogP contribution in [0.3, 0.4) is 0 Å². The van der Waals surface area contributed by atoms with Gasteiger partial charge in [-0.05, 0) is 74.6 Å². The molecule has 3 aromatic rings. The highest BCUT2D eigenvalue weighted by Crippen LogP contribution is 2.29. The van der Waals surface area contributed by atoms with E-state index in [-0.39, 0.29) is 16.9 Å². The predicted molar refractivity (Wildman–Crippen MR) is 153 cm³/mol. The Bertz CT molecular complexity index is 1330. The van der Waals surface area contributed by atoms with Crippen LogP contribution in [0.25, 0.3) is 22.4 Å². The topological polar surface area (TPSA) is 95.6 Å². The third kappa shape index (κ3) is 7.17. The first-order chi connectivity index (χ1) is 18.4. The number of hydrogen-bond acceptors (Lipinski definition) is 6. The van der Waals surface area contributed by atoms with E-state index in [1.807, 2.05) is 40.0 Å². The number of aromatic nitrogens is 3. The maximum absolute atomic E-state index is 12.7. The standard InChI is InChI=1S/C31H43N3O5/c1-20-15-24(18-33(6)29(20)36)28-32-26-16-22(7-9-25(21(2)35)30(37)39-19-31(3,4)5)8-10-27(26)34(28)17-23-11-13-38-14-12-23/h8,10,15-16,18,21,23,25,35H,7,9,11-14,17,19H2,1-6H3/t21-,25+/m1/s1. The molecule has 8 nitrogen and oxygen atoms in total. The van der Waals surface area contributed by atoms with E-state index in [1.54, 1.807) is 18.5 Å². The van der Waals surface area contributed by atoms with Gasteiger partial charge < -0.3 is 23.7 Å². The van der Waals surface area contributed by atoms with Gasteiger partial charge in [-0.15, -0.1) is 0 Å². The lowest BCUT2D eigenvalue weighted by molar-refractivity contribution is -0.155. The Hall–Kier alpha value is -2.97. The Kier molecular flexibility index (Phi) is 8.96. The van der Waals surface area contributed by atoms with Gasteiger partial charge in [-0.2, -0.15) is 0 Å². The third-order valence-corrected chi connectivity index (χ3v) is 7.49. The zero-order valence-electron chi connectivity index (χ0n) is 24.2. The largest absolute Gasteiger partial charge is 0.465 e. The normalized spacial score (nSPS) is 16.4. The van der Waals surface area contributed by atoms with Crippen molar-refractivity contribution in [2.45, 2.75) is 73.0 Å². The van der Waals surface area contributed by atoms with E-state index in [1.165, 1.54) is 0 Å². The average molecular weight is 538 g/mol. The molecule has 0 spiro atoms. The number of carbonyl (C=O) groups excluding carboxylic acids is 1. The zero-order valence-corrected chi connectivity index (χ0v) is 24.2. The quantitative estimate of drug-likeness (QED) is 0.399. The van der Waals surface area contributed by atoms with Crippen molar-refractivity contribution < 1.29 is 19.4 Å². The van der Waals surface area contributed by atoms with Crippen LogP contribution >= 0.6 is 0 Å². The lowest BCUT2D eigenvalue weighted by Crippen LogP contribution is -2.30. The molecule has 0 unspecified atom stereocenters. The minimum absolute atomic E-state index is 0.0122. The molecule has 1 aromatic carbocycles. The zero-order chi connectivity index (χ0) is 28.3. The second-order valence-electron chi connectivity index (χ2n) is 12.3. The number of benzene rings is 1. The highest BCUT2D eigenvalue weighted by Gasteiger charge is 2.27. The number of ether oxygens (including phenoxy) is 2. The number of nitrogens with zero attached hydrogens (tertiary/aromatic N) is 3. The van der Waals surface area contributed by atoms with Gasteiger partial charge in [0.05, 0.1) is 29.7 Å². The monoisotopic (exact) mass is 537 g/mol. The third-order valence-electron chi connectivity index (χ3n) is 7.49. The van der Waals surface area contributed by atoms with Crippen molar-refractivity contribution >= 4 is 17.0 Å². The number of aliphatic hydroxyl groups is 1. The lowest BCUT2D eigenvalue weighted by Gasteiger charge is -2.23. The Labute approximate surface area is 231 Å². The van der Waals surface area contributed by atoms with E-state index in [0.717, 1.165) is 60.6 Å². The summed E-state index contributed by atoms with van der Waals surface area (Å²) in [6.07, 6.45) is 4.19. The van der Waals surface area contributed by atoms with Crippen molar-refractivity contribution in [2.75, 3.05) is 19.8 Å². The molecule has 1 saturated heterocycles. The van der Waals surface area contributed by atoms with Gasteiger partial charge in [0.1, 0.15) is 5.82 Å². The van der Waals surface area contributed by atoms with Gasteiger partial charge in [0.2, 0.25) is 0 Å². The number of pyridine rings is 1. The number of esters is 1. The van der Waals surface area contributed by atoms with Crippen molar-refractivity contribution in [3.05, 3.63) is 51.9 Å². The summed E-state index contributed by atoms with van der Waals surface area (Å²) in [5.74, 6) is 0.404. The van der Waals surface area contributed by atoms with Crippen molar-refractivity contribution in [1.29, 1.82) is 0 Å². The average Bonchev–Trinajstić information content (AvgIpc) is 3.23. The van der Waals surface area contributed by atoms with Crippen molar-refractivity contribution in [3.8, 4) is 11.4 Å². The molecule has 3 heterocycles. The van der Waals surface area contributed by atoms with Crippen LogP contribution in [0.15, 0.2) is 35.3 Å². The molecule has 1 fully saturated rings. The van der Waals surface area contributed by atoms with Crippen LogP contribution < -0.4 is 5.56 Å².